The van der Waals surface area contributed by atoms with Gasteiger partial charge in [-0.1, -0.05) is 13.2 Å². The van der Waals surface area contributed by atoms with Crippen molar-refractivity contribution in [3.63, 3.8) is 0 Å². The van der Waals surface area contributed by atoms with Crippen LogP contribution in [0.1, 0.15) is 12.8 Å². The molecule has 0 aromatic carbocycles. The summed E-state index contributed by atoms with van der Waals surface area (Å²) in [5.41, 5.74) is 0. The normalized spacial score (nSPS) is 25.1. The van der Waals surface area contributed by atoms with E-state index in [-0.39, 0.29) is 4.48 Å². The first-order chi connectivity index (χ1) is 6.17. The van der Waals surface area contributed by atoms with E-state index >= 15 is 0 Å². The van der Waals surface area contributed by atoms with Gasteiger partial charge in [0.25, 0.3) is 0 Å². The number of aliphatic hydroxyl groups is 2. The van der Waals surface area contributed by atoms with Crippen LogP contribution in [0.2, 0.25) is 0 Å². The molecule has 0 bridgehead atoms. The molecule has 3 heteroatoms. The lowest BCUT2D eigenvalue weighted by atomic mass is 10.3. The lowest BCUT2D eigenvalue weighted by Crippen LogP contribution is -2.58. The topological polar surface area (TPSA) is 40.5 Å². The van der Waals surface area contributed by atoms with E-state index in [0.717, 1.165) is 25.9 Å². The summed E-state index contributed by atoms with van der Waals surface area (Å²) >= 11 is 0. The van der Waals surface area contributed by atoms with Gasteiger partial charge < -0.3 is 10.2 Å². The highest BCUT2D eigenvalue weighted by atomic mass is 16.3. The first-order valence-corrected chi connectivity index (χ1v) is 4.65. The van der Waals surface area contributed by atoms with Crippen LogP contribution in [0.4, 0.5) is 0 Å². The lowest BCUT2D eigenvalue weighted by Gasteiger charge is -2.39. The quantitative estimate of drug-likeness (QED) is 0.496. The average Bonchev–Trinajstić information content (AvgIpc) is 2.65. The Balaban J connectivity index is 2.85. The summed E-state index contributed by atoms with van der Waals surface area (Å²) in [5.74, 6) is 0. The predicted octanol–water partition coefficient (Wildman–Crippen LogP) is 0.606. The van der Waals surface area contributed by atoms with Crippen LogP contribution in [0, 0.1) is 0 Å². The molecule has 0 saturated carbocycles. The standard InChI is InChI=1S/C10H18NO2/c1-3-9(12)11(10(13)4-2)7-5-6-8-11/h3-4,9-10,12-13H,1-2,5-8H2/q+1. The summed E-state index contributed by atoms with van der Waals surface area (Å²) in [5, 5.41) is 19.5. The predicted molar refractivity (Wildman–Crippen MR) is 51.6 cm³/mol. The van der Waals surface area contributed by atoms with Crippen molar-refractivity contribution in [1.82, 2.24) is 0 Å². The maximum absolute atomic E-state index is 9.76. The van der Waals surface area contributed by atoms with Crippen LogP contribution in [0.3, 0.4) is 0 Å². The van der Waals surface area contributed by atoms with Crippen molar-refractivity contribution < 1.29 is 14.7 Å². The van der Waals surface area contributed by atoms with Crippen LogP contribution in [0.5, 0.6) is 0 Å². The third kappa shape index (κ3) is 1.68. The number of aliphatic hydroxyl groups excluding tert-OH is 2. The number of rotatable bonds is 4. The summed E-state index contributed by atoms with van der Waals surface area (Å²) in [7, 11) is 0. The van der Waals surface area contributed by atoms with E-state index in [4.69, 9.17) is 0 Å². The van der Waals surface area contributed by atoms with Gasteiger partial charge in [-0.15, -0.1) is 0 Å². The third-order valence-electron chi connectivity index (χ3n) is 2.87. The van der Waals surface area contributed by atoms with Gasteiger partial charge >= 0.3 is 0 Å². The molecule has 0 amide bonds. The minimum Gasteiger partial charge on any atom is -0.341 e. The van der Waals surface area contributed by atoms with Crippen molar-refractivity contribution in [3.8, 4) is 0 Å². The van der Waals surface area contributed by atoms with Gasteiger partial charge in [0.15, 0.2) is 0 Å². The minimum atomic E-state index is -0.685. The van der Waals surface area contributed by atoms with Gasteiger partial charge in [0.1, 0.15) is 0 Å². The van der Waals surface area contributed by atoms with Crippen molar-refractivity contribution in [2.45, 2.75) is 25.3 Å². The largest absolute Gasteiger partial charge is 0.341 e. The molecule has 1 rings (SSSR count). The number of hydrogen-bond acceptors (Lipinski definition) is 2. The second-order valence-corrected chi connectivity index (χ2v) is 3.56. The molecular formula is C10H18NO2+. The molecule has 2 unspecified atom stereocenters. The van der Waals surface area contributed by atoms with Gasteiger partial charge in [0.05, 0.1) is 13.1 Å². The fraction of sp³-hybridized carbons (Fsp3) is 0.600. The molecule has 0 radical (unpaired) electrons. The Kier molecular flexibility index (Phi) is 3.25. The van der Waals surface area contributed by atoms with Gasteiger partial charge in [0.2, 0.25) is 12.5 Å². The second kappa shape index (κ2) is 4.05. The summed E-state index contributed by atoms with van der Waals surface area (Å²) in [6.45, 7) is 8.70. The zero-order valence-electron chi connectivity index (χ0n) is 7.89. The Morgan fingerprint density at radius 1 is 1.00 bits per heavy atom. The highest BCUT2D eigenvalue weighted by Gasteiger charge is 2.42. The van der Waals surface area contributed by atoms with Gasteiger partial charge in [-0.05, 0) is 12.2 Å². The lowest BCUT2D eigenvalue weighted by molar-refractivity contribution is -0.987. The molecule has 0 spiro atoms. The highest BCUT2D eigenvalue weighted by molar-refractivity contribution is 4.80. The Bertz CT molecular complexity index is 181. The molecule has 3 nitrogen and oxygen atoms in total. The zero-order chi connectivity index (χ0) is 9.90. The van der Waals surface area contributed by atoms with E-state index in [1.165, 1.54) is 12.2 Å². The first-order valence-electron chi connectivity index (χ1n) is 4.65. The maximum atomic E-state index is 9.76. The van der Waals surface area contributed by atoms with Crippen LogP contribution >= 0.6 is 0 Å². The molecule has 2 N–H and O–H groups in total. The third-order valence-corrected chi connectivity index (χ3v) is 2.87. The van der Waals surface area contributed by atoms with Crippen molar-refractivity contribution in [2.24, 2.45) is 0 Å². The first kappa shape index (κ1) is 10.4. The van der Waals surface area contributed by atoms with Gasteiger partial charge in [0, 0.05) is 12.8 Å². The Morgan fingerprint density at radius 2 is 1.38 bits per heavy atom. The van der Waals surface area contributed by atoms with E-state index in [9.17, 15) is 10.2 Å². The molecule has 1 saturated heterocycles. The number of hydrogen-bond donors (Lipinski definition) is 2. The van der Waals surface area contributed by atoms with E-state index in [1.54, 1.807) is 0 Å². The minimum absolute atomic E-state index is 0.285. The van der Waals surface area contributed by atoms with E-state index < -0.39 is 12.5 Å². The fourth-order valence-corrected chi connectivity index (χ4v) is 2.03. The summed E-state index contributed by atoms with van der Waals surface area (Å²) in [4.78, 5) is 0. The molecule has 1 fully saturated rings. The number of quaternary nitrogens is 1. The van der Waals surface area contributed by atoms with Crippen molar-refractivity contribution >= 4 is 0 Å². The molecule has 1 heterocycles. The van der Waals surface area contributed by atoms with Crippen molar-refractivity contribution in [2.75, 3.05) is 13.1 Å². The molecule has 2 atom stereocenters. The zero-order valence-corrected chi connectivity index (χ0v) is 7.89. The van der Waals surface area contributed by atoms with E-state index in [2.05, 4.69) is 13.2 Å². The SMILES string of the molecule is C=CC(O)[N+]1(C(O)C=C)CCCC1. The van der Waals surface area contributed by atoms with Crippen LogP contribution in [0.25, 0.3) is 0 Å². The monoisotopic (exact) mass is 184 g/mol. The van der Waals surface area contributed by atoms with Crippen molar-refractivity contribution in [1.29, 1.82) is 0 Å². The van der Waals surface area contributed by atoms with Gasteiger partial charge in [-0.3, -0.25) is 4.48 Å². The molecule has 1 aliphatic heterocycles. The molecule has 0 aliphatic carbocycles. The Hall–Kier alpha value is -0.640. The Morgan fingerprint density at radius 3 is 1.69 bits per heavy atom. The van der Waals surface area contributed by atoms with Crippen LogP contribution in [-0.4, -0.2) is 40.2 Å². The summed E-state index contributed by atoms with van der Waals surface area (Å²) < 4.78 is 0.285. The summed E-state index contributed by atoms with van der Waals surface area (Å²) in [6, 6.07) is 0. The van der Waals surface area contributed by atoms with Crippen molar-refractivity contribution in [3.05, 3.63) is 25.3 Å². The highest BCUT2D eigenvalue weighted by Crippen LogP contribution is 2.26. The fourth-order valence-electron chi connectivity index (χ4n) is 2.03. The second-order valence-electron chi connectivity index (χ2n) is 3.56. The molecule has 1 aliphatic rings. The smallest absolute Gasteiger partial charge is 0.212 e. The van der Waals surface area contributed by atoms with Gasteiger partial charge in [-0.25, -0.2) is 0 Å². The molecule has 0 aromatic rings. The van der Waals surface area contributed by atoms with Crippen LogP contribution in [0.15, 0.2) is 25.3 Å². The van der Waals surface area contributed by atoms with E-state index in [1.807, 2.05) is 0 Å². The maximum Gasteiger partial charge on any atom is 0.212 e. The van der Waals surface area contributed by atoms with E-state index in [0.29, 0.717) is 0 Å². The molecule has 74 valence electrons. The molecular weight excluding hydrogens is 166 g/mol. The number of likely N-dealkylation sites (tertiary alicyclic amines) is 1. The van der Waals surface area contributed by atoms with Gasteiger partial charge in [-0.2, -0.15) is 0 Å². The number of nitrogens with zero attached hydrogens (tertiary/aromatic N) is 1. The summed E-state index contributed by atoms with van der Waals surface area (Å²) in [6.07, 6.45) is 3.67. The Labute approximate surface area is 79.2 Å². The van der Waals surface area contributed by atoms with Crippen LogP contribution < -0.4 is 0 Å². The van der Waals surface area contributed by atoms with Crippen LogP contribution in [-0.2, 0) is 0 Å². The average molecular weight is 184 g/mol. The molecule has 0 aromatic heterocycles. The molecule has 13 heavy (non-hydrogen) atoms.